The average Bonchev–Trinajstić information content (AvgIpc) is 2.78. The minimum atomic E-state index is -0.0587. The maximum absolute atomic E-state index is 13.6. The van der Waals surface area contributed by atoms with Crippen molar-refractivity contribution in [3.05, 3.63) is 35.1 Å². The lowest BCUT2D eigenvalue weighted by Gasteiger charge is -2.20. The van der Waals surface area contributed by atoms with Gasteiger partial charge in [0.15, 0.2) is 0 Å². The molecular formula is C15H22FN. The quantitative estimate of drug-likeness (QED) is 0.840. The van der Waals surface area contributed by atoms with Crippen molar-refractivity contribution in [1.29, 1.82) is 0 Å². The van der Waals surface area contributed by atoms with Crippen LogP contribution in [0.1, 0.15) is 43.2 Å². The van der Waals surface area contributed by atoms with Crippen LogP contribution in [0.3, 0.4) is 0 Å². The van der Waals surface area contributed by atoms with Crippen LogP contribution < -0.4 is 5.32 Å². The zero-order valence-corrected chi connectivity index (χ0v) is 10.8. The Bertz CT molecular complexity index is 375. The maximum Gasteiger partial charge on any atom is 0.126 e. The fourth-order valence-electron chi connectivity index (χ4n) is 2.89. The van der Waals surface area contributed by atoms with Gasteiger partial charge in [-0.15, -0.1) is 0 Å². The van der Waals surface area contributed by atoms with E-state index in [9.17, 15) is 4.39 Å². The van der Waals surface area contributed by atoms with E-state index < -0.39 is 0 Å². The molecule has 1 aromatic carbocycles. The first-order chi connectivity index (χ1) is 8.22. The third-order valence-electron chi connectivity index (χ3n) is 3.94. The van der Waals surface area contributed by atoms with Crippen molar-refractivity contribution in [3.8, 4) is 0 Å². The van der Waals surface area contributed by atoms with Crippen molar-refractivity contribution < 1.29 is 4.39 Å². The summed E-state index contributed by atoms with van der Waals surface area (Å²) in [7, 11) is 0. The Morgan fingerprint density at radius 1 is 1.35 bits per heavy atom. The van der Waals surface area contributed by atoms with Crippen LogP contribution in [0.5, 0.6) is 0 Å². The second-order valence-electron chi connectivity index (χ2n) is 5.11. The Morgan fingerprint density at radius 3 is 2.88 bits per heavy atom. The highest BCUT2D eigenvalue weighted by molar-refractivity contribution is 5.27. The molecule has 2 unspecified atom stereocenters. The molecule has 17 heavy (non-hydrogen) atoms. The van der Waals surface area contributed by atoms with Crippen LogP contribution in [0.2, 0.25) is 0 Å². The van der Waals surface area contributed by atoms with Gasteiger partial charge in [-0.05, 0) is 61.9 Å². The highest BCUT2D eigenvalue weighted by Crippen LogP contribution is 2.39. The molecule has 1 fully saturated rings. The number of benzene rings is 1. The maximum atomic E-state index is 13.6. The van der Waals surface area contributed by atoms with Crippen molar-refractivity contribution in [2.75, 3.05) is 13.1 Å². The lowest BCUT2D eigenvalue weighted by Crippen LogP contribution is -2.24. The Morgan fingerprint density at radius 2 is 2.18 bits per heavy atom. The molecule has 94 valence electrons. The summed E-state index contributed by atoms with van der Waals surface area (Å²) in [4.78, 5) is 0. The Hall–Kier alpha value is -0.890. The van der Waals surface area contributed by atoms with Gasteiger partial charge in [0, 0.05) is 0 Å². The fourth-order valence-corrected chi connectivity index (χ4v) is 2.89. The Kier molecular flexibility index (Phi) is 4.16. The van der Waals surface area contributed by atoms with Crippen LogP contribution in [0.25, 0.3) is 0 Å². The Labute approximate surface area is 103 Å². The summed E-state index contributed by atoms with van der Waals surface area (Å²) in [5.74, 6) is 1.16. The SMILES string of the molecule is CCNCC1CCCC1c1ccc(C)c(F)c1. The normalized spacial score (nSPS) is 24.2. The number of halogens is 1. The molecule has 0 saturated heterocycles. The predicted molar refractivity (Wildman–Crippen MR) is 69.8 cm³/mol. The summed E-state index contributed by atoms with van der Waals surface area (Å²) in [5.41, 5.74) is 1.93. The second-order valence-corrected chi connectivity index (χ2v) is 5.11. The van der Waals surface area contributed by atoms with E-state index in [2.05, 4.69) is 18.3 Å². The van der Waals surface area contributed by atoms with Gasteiger partial charge in [-0.1, -0.05) is 25.5 Å². The molecule has 0 aromatic heterocycles. The van der Waals surface area contributed by atoms with E-state index in [1.807, 2.05) is 13.0 Å². The zero-order chi connectivity index (χ0) is 12.3. The number of nitrogens with one attached hydrogen (secondary N) is 1. The number of hydrogen-bond donors (Lipinski definition) is 1. The smallest absolute Gasteiger partial charge is 0.126 e. The average molecular weight is 235 g/mol. The largest absolute Gasteiger partial charge is 0.317 e. The van der Waals surface area contributed by atoms with Gasteiger partial charge in [-0.25, -0.2) is 4.39 Å². The van der Waals surface area contributed by atoms with E-state index >= 15 is 0 Å². The molecule has 2 heteroatoms. The van der Waals surface area contributed by atoms with Crippen LogP contribution in [0.4, 0.5) is 4.39 Å². The van der Waals surface area contributed by atoms with E-state index in [1.165, 1.54) is 24.8 Å². The summed E-state index contributed by atoms with van der Waals surface area (Å²) in [5, 5.41) is 3.42. The summed E-state index contributed by atoms with van der Waals surface area (Å²) < 4.78 is 13.6. The third kappa shape index (κ3) is 2.86. The minimum absolute atomic E-state index is 0.0587. The van der Waals surface area contributed by atoms with Gasteiger partial charge in [0.25, 0.3) is 0 Å². The second kappa shape index (κ2) is 5.63. The molecule has 2 rings (SSSR count). The minimum Gasteiger partial charge on any atom is -0.317 e. The van der Waals surface area contributed by atoms with Crippen molar-refractivity contribution in [3.63, 3.8) is 0 Å². The van der Waals surface area contributed by atoms with E-state index in [0.29, 0.717) is 11.8 Å². The summed E-state index contributed by atoms with van der Waals surface area (Å²) in [6.07, 6.45) is 3.75. The van der Waals surface area contributed by atoms with Crippen LogP contribution in [0.15, 0.2) is 18.2 Å². The monoisotopic (exact) mass is 235 g/mol. The first-order valence-corrected chi connectivity index (χ1v) is 6.69. The fraction of sp³-hybridized carbons (Fsp3) is 0.600. The van der Waals surface area contributed by atoms with Crippen LogP contribution in [-0.4, -0.2) is 13.1 Å². The molecule has 0 radical (unpaired) electrons. The topological polar surface area (TPSA) is 12.0 Å². The first-order valence-electron chi connectivity index (χ1n) is 6.69. The van der Waals surface area contributed by atoms with Crippen LogP contribution in [-0.2, 0) is 0 Å². The van der Waals surface area contributed by atoms with E-state index in [4.69, 9.17) is 0 Å². The zero-order valence-electron chi connectivity index (χ0n) is 10.8. The first kappa shape index (κ1) is 12.6. The lowest BCUT2D eigenvalue weighted by molar-refractivity contribution is 0.448. The van der Waals surface area contributed by atoms with Crippen LogP contribution in [0, 0.1) is 18.7 Å². The number of rotatable bonds is 4. The van der Waals surface area contributed by atoms with Gasteiger partial charge in [0.05, 0.1) is 0 Å². The van der Waals surface area contributed by atoms with Crippen LogP contribution >= 0.6 is 0 Å². The van der Waals surface area contributed by atoms with Gasteiger partial charge in [-0.2, -0.15) is 0 Å². The molecule has 0 amide bonds. The molecule has 0 bridgehead atoms. The standard InChI is InChI=1S/C15H22FN/c1-3-17-10-13-5-4-6-14(13)12-8-7-11(2)15(16)9-12/h7-9,13-14,17H,3-6,10H2,1-2H3. The molecule has 0 aliphatic heterocycles. The lowest BCUT2D eigenvalue weighted by atomic mass is 9.88. The molecular weight excluding hydrogens is 213 g/mol. The highest BCUT2D eigenvalue weighted by Gasteiger charge is 2.28. The van der Waals surface area contributed by atoms with E-state index in [-0.39, 0.29) is 5.82 Å². The molecule has 1 saturated carbocycles. The molecule has 0 spiro atoms. The van der Waals surface area contributed by atoms with Crippen molar-refractivity contribution in [2.24, 2.45) is 5.92 Å². The van der Waals surface area contributed by atoms with Gasteiger partial charge in [0.2, 0.25) is 0 Å². The predicted octanol–water partition coefficient (Wildman–Crippen LogP) is 3.63. The highest BCUT2D eigenvalue weighted by atomic mass is 19.1. The number of hydrogen-bond acceptors (Lipinski definition) is 1. The molecule has 0 heterocycles. The van der Waals surface area contributed by atoms with Gasteiger partial charge in [0.1, 0.15) is 5.82 Å². The molecule has 1 aliphatic rings. The molecule has 1 aliphatic carbocycles. The van der Waals surface area contributed by atoms with Crippen molar-refractivity contribution in [1.82, 2.24) is 5.32 Å². The van der Waals surface area contributed by atoms with Gasteiger partial charge in [-0.3, -0.25) is 0 Å². The van der Waals surface area contributed by atoms with Gasteiger partial charge >= 0.3 is 0 Å². The Balaban J connectivity index is 2.11. The van der Waals surface area contributed by atoms with Crippen molar-refractivity contribution >= 4 is 0 Å². The summed E-state index contributed by atoms with van der Waals surface area (Å²) in [6, 6.07) is 5.75. The number of aryl methyl sites for hydroxylation is 1. The molecule has 1 N–H and O–H groups in total. The molecule has 1 nitrogen and oxygen atoms in total. The summed E-state index contributed by atoms with van der Waals surface area (Å²) >= 11 is 0. The molecule has 1 aromatic rings. The van der Waals surface area contributed by atoms with E-state index in [1.54, 1.807) is 6.07 Å². The van der Waals surface area contributed by atoms with E-state index in [0.717, 1.165) is 18.7 Å². The summed E-state index contributed by atoms with van der Waals surface area (Å²) in [6.45, 7) is 6.04. The third-order valence-corrected chi connectivity index (χ3v) is 3.94. The molecule has 2 atom stereocenters. The van der Waals surface area contributed by atoms with Crippen molar-refractivity contribution in [2.45, 2.75) is 39.0 Å². The van der Waals surface area contributed by atoms with Gasteiger partial charge < -0.3 is 5.32 Å².